The molecule has 0 saturated carbocycles. The van der Waals surface area contributed by atoms with Gasteiger partial charge in [0.15, 0.2) is 5.52 Å². The van der Waals surface area contributed by atoms with Crippen LogP contribution in [0.3, 0.4) is 0 Å². The van der Waals surface area contributed by atoms with Crippen molar-refractivity contribution in [2.45, 2.75) is 65.8 Å². The van der Waals surface area contributed by atoms with Crippen molar-refractivity contribution in [3.05, 3.63) is 39.8 Å². The highest BCUT2D eigenvalue weighted by Gasteiger charge is 2.17. The lowest BCUT2D eigenvalue weighted by molar-refractivity contribution is 0.591. The number of unbranched alkanes of at least 4 members (excludes halogenated alkanes) is 2. The van der Waals surface area contributed by atoms with Crippen LogP contribution in [-0.4, -0.2) is 14.5 Å². The first-order valence-electron chi connectivity index (χ1n) is 8.86. The monoisotopic (exact) mass is 325 g/mol. The van der Waals surface area contributed by atoms with Gasteiger partial charge in [-0.1, -0.05) is 46.6 Å². The fourth-order valence-electron chi connectivity index (χ4n) is 3.21. The number of nitrogens with one attached hydrogen (secondary N) is 1. The van der Waals surface area contributed by atoms with Crippen LogP contribution in [0.2, 0.25) is 0 Å². The first-order valence-corrected chi connectivity index (χ1v) is 8.86. The van der Waals surface area contributed by atoms with Crippen molar-refractivity contribution < 1.29 is 0 Å². The van der Waals surface area contributed by atoms with Gasteiger partial charge >= 0.3 is 0 Å². The molecule has 4 nitrogen and oxygen atoms in total. The average molecular weight is 325 g/mol. The third kappa shape index (κ3) is 2.85. The molecule has 4 heteroatoms. The molecule has 1 N–H and O–H groups in total. The first-order chi connectivity index (χ1) is 11.3. The average Bonchev–Trinajstić information content (AvgIpc) is 2.83. The Bertz CT molecular complexity index is 941. The van der Waals surface area contributed by atoms with Crippen LogP contribution in [0, 0.1) is 6.92 Å². The van der Waals surface area contributed by atoms with Crippen LogP contribution in [0.15, 0.2) is 23.0 Å². The van der Waals surface area contributed by atoms with Gasteiger partial charge in [0.25, 0.3) is 0 Å². The highest BCUT2D eigenvalue weighted by molar-refractivity contribution is 5.90. The van der Waals surface area contributed by atoms with E-state index < -0.39 is 0 Å². The molecule has 128 valence electrons. The van der Waals surface area contributed by atoms with E-state index in [1.165, 1.54) is 18.4 Å². The lowest BCUT2D eigenvalue weighted by Gasteiger charge is -2.19. The van der Waals surface area contributed by atoms with E-state index in [0.29, 0.717) is 5.52 Å². The Labute approximate surface area is 142 Å². The zero-order chi connectivity index (χ0) is 17.5. The molecule has 0 aliphatic heterocycles. The van der Waals surface area contributed by atoms with E-state index in [1.807, 2.05) is 19.1 Å². The van der Waals surface area contributed by atoms with E-state index >= 15 is 0 Å². The van der Waals surface area contributed by atoms with Crippen LogP contribution in [0.1, 0.15) is 58.3 Å². The number of fused-ring (bicyclic) bond motifs is 2. The number of aromatic amines is 1. The maximum Gasteiger partial charge on any atom is 0.217 e. The van der Waals surface area contributed by atoms with Crippen LogP contribution < -0.4 is 5.43 Å². The lowest BCUT2D eigenvalue weighted by atomic mass is 9.86. The smallest absolute Gasteiger partial charge is 0.217 e. The number of rotatable bonds is 4. The molecule has 24 heavy (non-hydrogen) atoms. The van der Waals surface area contributed by atoms with Gasteiger partial charge < -0.3 is 9.55 Å². The first kappa shape index (κ1) is 16.7. The minimum Gasteiger partial charge on any atom is -0.339 e. The van der Waals surface area contributed by atoms with Crippen molar-refractivity contribution in [2.24, 2.45) is 0 Å². The number of hydrogen-bond donors (Lipinski definition) is 1. The number of imidazole rings is 1. The Balaban J connectivity index is 2.20. The fraction of sp³-hybridized carbons (Fsp3) is 0.500. The zero-order valence-electron chi connectivity index (χ0n) is 15.4. The Morgan fingerprint density at radius 3 is 2.62 bits per heavy atom. The number of aromatic nitrogens is 3. The van der Waals surface area contributed by atoms with E-state index in [0.717, 1.165) is 35.3 Å². The normalized spacial score (nSPS) is 12.4. The molecular weight excluding hydrogens is 298 g/mol. The highest BCUT2D eigenvalue weighted by Crippen LogP contribution is 2.25. The Hall–Kier alpha value is -2.10. The van der Waals surface area contributed by atoms with Crippen LogP contribution >= 0.6 is 0 Å². The highest BCUT2D eigenvalue weighted by atomic mass is 16.1. The summed E-state index contributed by atoms with van der Waals surface area (Å²) < 4.78 is 2.14. The van der Waals surface area contributed by atoms with Crippen molar-refractivity contribution >= 4 is 22.1 Å². The number of H-pyrrole nitrogens is 1. The van der Waals surface area contributed by atoms with E-state index in [9.17, 15) is 4.79 Å². The molecule has 0 fully saturated rings. The number of pyridine rings is 1. The van der Waals surface area contributed by atoms with Crippen LogP contribution in [-0.2, 0) is 12.0 Å². The second-order valence-corrected chi connectivity index (χ2v) is 7.68. The fourth-order valence-corrected chi connectivity index (χ4v) is 3.21. The molecule has 0 aliphatic rings. The predicted octanol–water partition coefficient (Wildman–Crippen LogP) is 4.67. The summed E-state index contributed by atoms with van der Waals surface area (Å²) in [6.07, 6.45) is 3.47. The lowest BCUT2D eigenvalue weighted by Crippen LogP contribution is -2.13. The summed E-state index contributed by atoms with van der Waals surface area (Å²) in [7, 11) is 0. The molecule has 0 unspecified atom stereocenters. The molecule has 0 atom stereocenters. The second-order valence-electron chi connectivity index (χ2n) is 7.68. The Morgan fingerprint density at radius 2 is 1.96 bits per heavy atom. The molecule has 3 rings (SSSR count). The summed E-state index contributed by atoms with van der Waals surface area (Å²) in [5.41, 5.74) is 3.51. The van der Waals surface area contributed by atoms with Gasteiger partial charge in [-0.2, -0.15) is 0 Å². The standard InChI is InChI=1S/C20H27N3O/c1-6-7-8-11-23-13(2)21-17-18(24)15-12-14(20(3,4)5)9-10-16(15)22-19(17)23/h9-10,12H,6-8,11H2,1-5H3,(H,22,24). The SMILES string of the molecule is CCCCCn1c(C)nc2c(=O)c3cc(C(C)(C)C)ccc3[nH]c21. The molecule has 2 heterocycles. The van der Waals surface area contributed by atoms with Crippen LogP contribution in [0.25, 0.3) is 22.1 Å². The maximum atomic E-state index is 13.0. The Morgan fingerprint density at radius 1 is 1.21 bits per heavy atom. The van der Waals surface area contributed by atoms with Crippen molar-refractivity contribution in [1.82, 2.24) is 14.5 Å². The van der Waals surface area contributed by atoms with Crippen LogP contribution in [0.4, 0.5) is 0 Å². The molecule has 2 aromatic heterocycles. The van der Waals surface area contributed by atoms with Gasteiger partial charge in [-0.25, -0.2) is 4.98 Å². The largest absolute Gasteiger partial charge is 0.339 e. The summed E-state index contributed by atoms with van der Waals surface area (Å²) in [6, 6.07) is 6.14. The summed E-state index contributed by atoms with van der Waals surface area (Å²) >= 11 is 0. The summed E-state index contributed by atoms with van der Waals surface area (Å²) in [6.45, 7) is 11.6. The molecule has 3 aromatic rings. The molecule has 1 aromatic carbocycles. The third-order valence-electron chi connectivity index (χ3n) is 4.74. The summed E-state index contributed by atoms with van der Waals surface area (Å²) in [5.74, 6) is 0.904. The topological polar surface area (TPSA) is 50.7 Å². The molecule has 0 saturated heterocycles. The van der Waals surface area contributed by atoms with Crippen molar-refractivity contribution in [3.8, 4) is 0 Å². The second kappa shape index (κ2) is 6.08. The van der Waals surface area contributed by atoms with Gasteiger partial charge in [-0.15, -0.1) is 0 Å². The quantitative estimate of drug-likeness (QED) is 0.708. The van der Waals surface area contributed by atoms with E-state index in [2.05, 4.69) is 48.3 Å². The summed E-state index contributed by atoms with van der Waals surface area (Å²) in [4.78, 5) is 21.0. The number of benzene rings is 1. The van der Waals surface area contributed by atoms with Crippen molar-refractivity contribution in [1.29, 1.82) is 0 Å². The molecule has 0 amide bonds. The van der Waals surface area contributed by atoms with E-state index in [-0.39, 0.29) is 10.8 Å². The van der Waals surface area contributed by atoms with Gasteiger partial charge in [0.05, 0.1) is 5.52 Å². The van der Waals surface area contributed by atoms with E-state index in [4.69, 9.17) is 0 Å². The predicted molar refractivity (Wildman–Crippen MR) is 101 cm³/mol. The molecular formula is C20H27N3O. The summed E-state index contributed by atoms with van der Waals surface area (Å²) in [5, 5.41) is 0.730. The number of hydrogen-bond acceptors (Lipinski definition) is 2. The third-order valence-corrected chi connectivity index (χ3v) is 4.74. The molecule has 0 aliphatic carbocycles. The van der Waals surface area contributed by atoms with Gasteiger partial charge in [-0.05, 0) is 36.5 Å². The van der Waals surface area contributed by atoms with Gasteiger partial charge in [-0.3, -0.25) is 4.79 Å². The minimum absolute atomic E-state index is 0.0189. The van der Waals surface area contributed by atoms with Gasteiger partial charge in [0.2, 0.25) is 5.43 Å². The molecule has 0 bridgehead atoms. The number of nitrogens with zero attached hydrogens (tertiary/aromatic N) is 2. The van der Waals surface area contributed by atoms with Crippen molar-refractivity contribution in [3.63, 3.8) is 0 Å². The van der Waals surface area contributed by atoms with Crippen molar-refractivity contribution in [2.75, 3.05) is 0 Å². The minimum atomic E-state index is 0.0189. The Kier molecular flexibility index (Phi) is 4.24. The maximum absolute atomic E-state index is 13.0. The van der Waals surface area contributed by atoms with Gasteiger partial charge in [0.1, 0.15) is 11.5 Å². The van der Waals surface area contributed by atoms with Crippen LogP contribution in [0.5, 0.6) is 0 Å². The molecule has 0 spiro atoms. The van der Waals surface area contributed by atoms with E-state index in [1.54, 1.807) is 0 Å². The zero-order valence-corrected chi connectivity index (χ0v) is 15.4. The molecule has 0 radical (unpaired) electrons. The van der Waals surface area contributed by atoms with Gasteiger partial charge in [0, 0.05) is 11.9 Å². The number of aryl methyl sites for hydroxylation is 2.